The normalized spacial score (nSPS) is 30.1. The van der Waals surface area contributed by atoms with Crippen LogP contribution in [0.2, 0.25) is 0 Å². The second-order valence-corrected chi connectivity index (χ2v) is 6.81. The van der Waals surface area contributed by atoms with E-state index in [1.165, 1.54) is 30.8 Å². The van der Waals surface area contributed by atoms with E-state index in [2.05, 4.69) is 35.8 Å². The maximum absolute atomic E-state index is 12.4. The lowest BCUT2D eigenvalue weighted by atomic mass is 10.0. The summed E-state index contributed by atoms with van der Waals surface area (Å²) in [5.74, 6) is 3.61. The zero-order valence-electron chi connectivity index (χ0n) is 11.7. The fourth-order valence-corrected chi connectivity index (χ4v) is 4.12. The highest BCUT2D eigenvalue weighted by atomic mass is 32.2. The summed E-state index contributed by atoms with van der Waals surface area (Å²) in [6, 6.07) is 0.0814. The van der Waals surface area contributed by atoms with Crippen LogP contribution in [0.4, 0.5) is 0 Å². The zero-order valence-corrected chi connectivity index (χ0v) is 12.5. The smallest absolute Gasteiger partial charge is 0.241 e. The predicted octanol–water partition coefficient (Wildman–Crippen LogP) is 2.47. The minimum Gasteiger partial charge on any atom is -0.326 e. The molecule has 1 N–H and O–H groups in total. The van der Waals surface area contributed by atoms with Gasteiger partial charge in [0, 0.05) is 6.54 Å². The molecule has 2 aliphatic rings. The van der Waals surface area contributed by atoms with Gasteiger partial charge in [-0.2, -0.15) is 11.8 Å². The van der Waals surface area contributed by atoms with E-state index in [0.717, 1.165) is 25.3 Å². The van der Waals surface area contributed by atoms with E-state index in [1.807, 2.05) is 0 Å². The Bertz CT molecular complexity index is 279. The van der Waals surface area contributed by atoms with Gasteiger partial charge in [-0.15, -0.1) is 0 Å². The van der Waals surface area contributed by atoms with Gasteiger partial charge in [0.25, 0.3) is 0 Å². The van der Waals surface area contributed by atoms with Crippen molar-refractivity contribution in [3.63, 3.8) is 0 Å². The van der Waals surface area contributed by atoms with Gasteiger partial charge in [-0.1, -0.05) is 19.8 Å². The Balaban J connectivity index is 1.85. The average Bonchev–Trinajstić information content (AvgIpc) is 2.65. The van der Waals surface area contributed by atoms with Crippen LogP contribution in [0.5, 0.6) is 0 Å². The molecular formula is C14H26N2OS. The molecule has 0 bridgehead atoms. The number of hydrogen-bond donors (Lipinski definition) is 1. The Hall–Kier alpha value is -0.220. The van der Waals surface area contributed by atoms with Crippen molar-refractivity contribution in [2.75, 3.05) is 18.1 Å². The molecule has 0 spiro atoms. The zero-order chi connectivity index (χ0) is 13.0. The summed E-state index contributed by atoms with van der Waals surface area (Å²) in [7, 11) is 0. The monoisotopic (exact) mass is 270 g/mol. The van der Waals surface area contributed by atoms with Crippen LogP contribution >= 0.6 is 11.8 Å². The molecule has 2 heterocycles. The lowest BCUT2D eigenvalue weighted by Gasteiger charge is -2.29. The van der Waals surface area contributed by atoms with Crippen molar-refractivity contribution in [1.29, 1.82) is 0 Å². The largest absolute Gasteiger partial charge is 0.326 e. The highest BCUT2D eigenvalue weighted by Crippen LogP contribution is 2.26. The van der Waals surface area contributed by atoms with Crippen LogP contribution in [0.25, 0.3) is 0 Å². The average molecular weight is 270 g/mol. The molecule has 2 aliphatic heterocycles. The molecule has 0 aromatic rings. The van der Waals surface area contributed by atoms with Gasteiger partial charge < -0.3 is 4.90 Å². The number of carbonyl (C=O) groups is 1. The summed E-state index contributed by atoms with van der Waals surface area (Å²) in [5.41, 5.74) is 0. The number of nitrogens with zero attached hydrogens (tertiary/aromatic N) is 1. The van der Waals surface area contributed by atoms with Gasteiger partial charge in [0.2, 0.25) is 5.91 Å². The van der Waals surface area contributed by atoms with Crippen molar-refractivity contribution in [2.24, 2.45) is 5.92 Å². The summed E-state index contributed by atoms with van der Waals surface area (Å²) in [4.78, 5) is 14.4. The predicted molar refractivity (Wildman–Crippen MR) is 77.7 cm³/mol. The van der Waals surface area contributed by atoms with Crippen molar-refractivity contribution in [2.45, 2.75) is 58.2 Å². The molecular weight excluding hydrogens is 244 g/mol. The Labute approximate surface area is 115 Å². The summed E-state index contributed by atoms with van der Waals surface area (Å²) < 4.78 is 0. The lowest BCUT2D eigenvalue weighted by Crippen LogP contribution is -2.39. The molecule has 18 heavy (non-hydrogen) atoms. The summed E-state index contributed by atoms with van der Waals surface area (Å²) in [5, 5.41) is 3.45. The standard InChI is InChI=1S/C14H26N2OS/c1-3-4-5-13-14(17)16(11(2)15-13)10-12-6-8-18-9-7-12/h11-13,15H,3-10H2,1-2H3. The van der Waals surface area contributed by atoms with E-state index in [1.54, 1.807) is 0 Å². The third-order valence-corrected chi connectivity index (χ3v) is 5.18. The number of amides is 1. The molecule has 3 nitrogen and oxygen atoms in total. The van der Waals surface area contributed by atoms with E-state index in [9.17, 15) is 4.79 Å². The topological polar surface area (TPSA) is 32.3 Å². The molecule has 2 fully saturated rings. The van der Waals surface area contributed by atoms with E-state index in [-0.39, 0.29) is 12.2 Å². The molecule has 0 radical (unpaired) electrons. The van der Waals surface area contributed by atoms with Crippen LogP contribution in [0.3, 0.4) is 0 Å². The van der Waals surface area contributed by atoms with Gasteiger partial charge in [-0.25, -0.2) is 0 Å². The highest BCUT2D eigenvalue weighted by Gasteiger charge is 2.36. The molecule has 2 rings (SSSR count). The fourth-order valence-electron chi connectivity index (χ4n) is 2.91. The quantitative estimate of drug-likeness (QED) is 0.833. The van der Waals surface area contributed by atoms with Crippen molar-refractivity contribution in [3.8, 4) is 0 Å². The Kier molecular flexibility index (Phi) is 5.37. The molecule has 1 amide bonds. The molecule has 0 saturated carbocycles. The minimum absolute atomic E-state index is 0.0814. The minimum atomic E-state index is 0.0814. The number of unbranched alkanes of at least 4 members (excludes halogenated alkanes) is 1. The maximum atomic E-state index is 12.4. The maximum Gasteiger partial charge on any atom is 0.241 e. The third kappa shape index (κ3) is 3.41. The van der Waals surface area contributed by atoms with Gasteiger partial charge in [-0.05, 0) is 43.6 Å². The molecule has 0 aliphatic carbocycles. The molecule has 2 unspecified atom stereocenters. The first-order valence-corrected chi connectivity index (χ1v) is 8.52. The summed E-state index contributed by atoms with van der Waals surface area (Å²) in [6.07, 6.45) is 6.09. The van der Waals surface area contributed by atoms with Crippen molar-refractivity contribution >= 4 is 17.7 Å². The first-order valence-electron chi connectivity index (χ1n) is 7.36. The van der Waals surface area contributed by atoms with E-state index in [4.69, 9.17) is 0 Å². The Morgan fingerprint density at radius 3 is 2.78 bits per heavy atom. The van der Waals surface area contributed by atoms with Crippen LogP contribution in [0, 0.1) is 5.92 Å². The number of nitrogens with one attached hydrogen (secondary N) is 1. The second-order valence-electron chi connectivity index (χ2n) is 5.58. The van der Waals surface area contributed by atoms with Gasteiger partial charge >= 0.3 is 0 Å². The molecule has 0 aromatic heterocycles. The first kappa shape index (κ1) is 14.2. The van der Waals surface area contributed by atoms with Gasteiger partial charge in [0.05, 0.1) is 12.2 Å². The molecule has 2 atom stereocenters. The van der Waals surface area contributed by atoms with Crippen LogP contribution in [0.15, 0.2) is 0 Å². The number of rotatable bonds is 5. The van der Waals surface area contributed by atoms with Crippen LogP contribution in [-0.2, 0) is 4.79 Å². The van der Waals surface area contributed by atoms with E-state index < -0.39 is 0 Å². The molecule has 104 valence electrons. The van der Waals surface area contributed by atoms with Gasteiger partial charge in [-0.3, -0.25) is 10.1 Å². The number of thioether (sulfide) groups is 1. The van der Waals surface area contributed by atoms with Crippen molar-refractivity contribution < 1.29 is 4.79 Å². The van der Waals surface area contributed by atoms with Crippen LogP contribution in [-0.4, -0.2) is 41.1 Å². The second kappa shape index (κ2) is 6.80. The fraction of sp³-hybridized carbons (Fsp3) is 0.929. The van der Waals surface area contributed by atoms with Crippen LogP contribution in [0.1, 0.15) is 46.0 Å². The van der Waals surface area contributed by atoms with Gasteiger partial charge in [0.15, 0.2) is 0 Å². The van der Waals surface area contributed by atoms with Gasteiger partial charge in [0.1, 0.15) is 0 Å². The summed E-state index contributed by atoms with van der Waals surface area (Å²) in [6.45, 7) is 5.28. The van der Waals surface area contributed by atoms with E-state index in [0.29, 0.717) is 5.91 Å². The third-order valence-electron chi connectivity index (χ3n) is 4.13. The Morgan fingerprint density at radius 1 is 1.39 bits per heavy atom. The Morgan fingerprint density at radius 2 is 2.11 bits per heavy atom. The number of carbonyl (C=O) groups excluding carboxylic acids is 1. The van der Waals surface area contributed by atoms with Crippen molar-refractivity contribution in [1.82, 2.24) is 10.2 Å². The van der Waals surface area contributed by atoms with Crippen molar-refractivity contribution in [3.05, 3.63) is 0 Å². The van der Waals surface area contributed by atoms with E-state index >= 15 is 0 Å². The number of hydrogen-bond acceptors (Lipinski definition) is 3. The first-order chi connectivity index (χ1) is 8.72. The highest BCUT2D eigenvalue weighted by molar-refractivity contribution is 7.99. The SMILES string of the molecule is CCCCC1NC(C)N(CC2CCSCC2)C1=O. The summed E-state index contributed by atoms with van der Waals surface area (Å²) >= 11 is 2.05. The molecule has 0 aromatic carbocycles. The lowest BCUT2D eigenvalue weighted by molar-refractivity contribution is -0.130. The molecule has 2 saturated heterocycles. The molecule has 4 heteroatoms. The van der Waals surface area contributed by atoms with Crippen LogP contribution < -0.4 is 5.32 Å².